The second-order valence-corrected chi connectivity index (χ2v) is 5.71. The van der Waals surface area contributed by atoms with Gasteiger partial charge in [0, 0.05) is 19.5 Å². The maximum atomic E-state index is 11.1. The number of methoxy groups -OCH3 is 1. The van der Waals surface area contributed by atoms with E-state index in [1.165, 1.54) is 0 Å². The van der Waals surface area contributed by atoms with Crippen molar-refractivity contribution in [1.29, 1.82) is 0 Å². The zero-order valence-corrected chi connectivity index (χ0v) is 13.1. The predicted molar refractivity (Wildman–Crippen MR) is 82.3 cm³/mol. The van der Waals surface area contributed by atoms with Crippen molar-refractivity contribution in [3.05, 3.63) is 29.8 Å². The Morgan fingerprint density at radius 1 is 1.39 bits per heavy atom. The van der Waals surface area contributed by atoms with E-state index >= 15 is 0 Å². The van der Waals surface area contributed by atoms with Crippen molar-refractivity contribution < 1.29 is 29.6 Å². The van der Waals surface area contributed by atoms with Crippen LogP contribution in [0, 0.1) is 0 Å². The minimum Gasteiger partial charge on any atom is -0.497 e. The van der Waals surface area contributed by atoms with E-state index in [-0.39, 0.29) is 26.1 Å². The molecule has 2 rings (SSSR count). The zero-order valence-electron chi connectivity index (χ0n) is 13.1. The smallest absolute Gasteiger partial charge is 0.321 e. The molecule has 1 aromatic rings. The molecule has 7 nitrogen and oxygen atoms in total. The van der Waals surface area contributed by atoms with Crippen LogP contribution in [0.2, 0.25) is 0 Å². The third-order valence-corrected chi connectivity index (χ3v) is 3.85. The Morgan fingerprint density at radius 3 is 2.70 bits per heavy atom. The molecule has 0 amide bonds. The minimum absolute atomic E-state index is 0.102. The highest BCUT2D eigenvalue weighted by Crippen LogP contribution is 2.18. The van der Waals surface area contributed by atoms with Crippen LogP contribution in [0.3, 0.4) is 0 Å². The summed E-state index contributed by atoms with van der Waals surface area (Å²) in [6.45, 7) is 0.875. The van der Waals surface area contributed by atoms with Crippen LogP contribution in [-0.2, 0) is 16.1 Å². The van der Waals surface area contributed by atoms with Gasteiger partial charge in [-0.05, 0) is 17.7 Å². The summed E-state index contributed by atoms with van der Waals surface area (Å²) in [4.78, 5) is 12.7. The summed E-state index contributed by atoms with van der Waals surface area (Å²) >= 11 is 0. The molecule has 0 aromatic heterocycles. The van der Waals surface area contributed by atoms with Crippen LogP contribution in [0.5, 0.6) is 5.75 Å². The Morgan fingerprint density at radius 2 is 2.09 bits per heavy atom. The van der Waals surface area contributed by atoms with Crippen molar-refractivity contribution in [3.8, 4) is 5.75 Å². The lowest BCUT2D eigenvalue weighted by molar-refractivity contribution is -0.142. The number of aliphatic hydroxyl groups is 2. The number of ether oxygens (including phenoxy) is 2. The fraction of sp³-hybridized carbons (Fsp3) is 0.562. The normalized spacial score (nSPS) is 22.9. The van der Waals surface area contributed by atoms with Gasteiger partial charge < -0.3 is 24.8 Å². The molecular formula is C16H23NO6. The van der Waals surface area contributed by atoms with Crippen LogP contribution < -0.4 is 4.74 Å². The van der Waals surface area contributed by atoms with Crippen molar-refractivity contribution in [2.24, 2.45) is 0 Å². The van der Waals surface area contributed by atoms with Crippen molar-refractivity contribution in [3.63, 3.8) is 0 Å². The Labute approximate surface area is 135 Å². The molecular weight excluding hydrogens is 302 g/mol. The first-order valence-electron chi connectivity index (χ1n) is 7.53. The summed E-state index contributed by atoms with van der Waals surface area (Å²) in [7, 11) is 1.60. The SMILES string of the molecule is COc1ccc(COCC(O)CN2C[C@@H](O)C[C@H]2C(=O)O)cc1. The topological polar surface area (TPSA) is 99.5 Å². The van der Waals surface area contributed by atoms with Crippen molar-refractivity contribution in [1.82, 2.24) is 4.90 Å². The molecule has 128 valence electrons. The first-order valence-corrected chi connectivity index (χ1v) is 7.53. The van der Waals surface area contributed by atoms with Crippen molar-refractivity contribution in [2.75, 3.05) is 26.8 Å². The number of carboxylic acids is 1. The van der Waals surface area contributed by atoms with Gasteiger partial charge in [-0.2, -0.15) is 0 Å². The third kappa shape index (κ3) is 5.18. The van der Waals surface area contributed by atoms with Crippen LogP contribution in [-0.4, -0.2) is 71.2 Å². The van der Waals surface area contributed by atoms with Gasteiger partial charge in [-0.1, -0.05) is 12.1 Å². The molecule has 1 fully saturated rings. The summed E-state index contributed by atoms with van der Waals surface area (Å²) in [6.07, 6.45) is -1.28. The number of hydrogen-bond acceptors (Lipinski definition) is 6. The molecule has 1 aliphatic heterocycles. The number of benzene rings is 1. The van der Waals surface area contributed by atoms with Gasteiger partial charge in [0.25, 0.3) is 0 Å². The first kappa shape index (κ1) is 17.7. The quantitative estimate of drug-likeness (QED) is 0.623. The van der Waals surface area contributed by atoms with Crippen LogP contribution in [0.1, 0.15) is 12.0 Å². The molecule has 23 heavy (non-hydrogen) atoms. The molecule has 1 aliphatic rings. The molecule has 3 atom stereocenters. The summed E-state index contributed by atoms with van der Waals surface area (Å²) in [5.41, 5.74) is 0.956. The number of aliphatic hydroxyl groups excluding tert-OH is 2. The zero-order chi connectivity index (χ0) is 16.8. The molecule has 0 spiro atoms. The van der Waals surface area contributed by atoms with E-state index < -0.39 is 24.2 Å². The Balaban J connectivity index is 1.74. The van der Waals surface area contributed by atoms with E-state index in [9.17, 15) is 15.0 Å². The van der Waals surface area contributed by atoms with Crippen LogP contribution >= 0.6 is 0 Å². The number of carbonyl (C=O) groups is 1. The lowest BCUT2D eigenvalue weighted by atomic mass is 10.2. The standard InChI is InChI=1S/C16H23NO6/c1-22-14-4-2-11(3-5-14)9-23-10-13(19)8-17-7-12(18)6-15(17)16(20)21/h2-5,12-13,15,18-19H,6-10H2,1H3,(H,20,21)/t12-,13?,15-/m0/s1. The van der Waals surface area contributed by atoms with Gasteiger partial charge >= 0.3 is 5.97 Å². The highest BCUT2D eigenvalue weighted by atomic mass is 16.5. The second kappa shape index (κ2) is 8.26. The lowest BCUT2D eigenvalue weighted by Gasteiger charge is -2.23. The van der Waals surface area contributed by atoms with Gasteiger partial charge in [-0.3, -0.25) is 9.69 Å². The van der Waals surface area contributed by atoms with Crippen LogP contribution in [0.4, 0.5) is 0 Å². The summed E-state index contributed by atoms with van der Waals surface area (Å²) < 4.78 is 10.5. The van der Waals surface area contributed by atoms with Gasteiger partial charge in [0.1, 0.15) is 11.8 Å². The van der Waals surface area contributed by atoms with E-state index in [0.717, 1.165) is 11.3 Å². The average molecular weight is 325 g/mol. The molecule has 1 unspecified atom stereocenters. The third-order valence-electron chi connectivity index (χ3n) is 3.85. The number of rotatable bonds is 8. The number of aliphatic carboxylic acids is 1. The molecule has 0 aliphatic carbocycles. The first-order chi connectivity index (χ1) is 11.0. The molecule has 1 heterocycles. The monoisotopic (exact) mass is 325 g/mol. The largest absolute Gasteiger partial charge is 0.497 e. The van der Waals surface area contributed by atoms with Gasteiger partial charge in [-0.25, -0.2) is 0 Å². The number of hydrogen-bond donors (Lipinski definition) is 3. The lowest BCUT2D eigenvalue weighted by Crippen LogP contribution is -2.42. The molecule has 3 N–H and O–H groups in total. The van der Waals surface area contributed by atoms with E-state index in [1.807, 2.05) is 24.3 Å². The van der Waals surface area contributed by atoms with E-state index in [4.69, 9.17) is 14.6 Å². The molecule has 1 aromatic carbocycles. The molecule has 0 radical (unpaired) electrons. The second-order valence-electron chi connectivity index (χ2n) is 5.71. The van der Waals surface area contributed by atoms with Crippen molar-refractivity contribution >= 4 is 5.97 Å². The summed E-state index contributed by atoms with van der Waals surface area (Å²) in [6, 6.07) is 6.67. The number of nitrogens with zero attached hydrogens (tertiary/aromatic N) is 1. The number of carboxylic acid groups (broad SMARTS) is 1. The van der Waals surface area contributed by atoms with Gasteiger partial charge in [0.15, 0.2) is 0 Å². The van der Waals surface area contributed by atoms with E-state index in [1.54, 1.807) is 12.0 Å². The Kier molecular flexibility index (Phi) is 6.35. The molecule has 0 saturated carbocycles. The van der Waals surface area contributed by atoms with Gasteiger partial charge in [0.05, 0.1) is 32.5 Å². The van der Waals surface area contributed by atoms with Crippen LogP contribution in [0.15, 0.2) is 24.3 Å². The van der Waals surface area contributed by atoms with Crippen LogP contribution in [0.25, 0.3) is 0 Å². The van der Waals surface area contributed by atoms with E-state index in [2.05, 4.69) is 0 Å². The Bertz CT molecular complexity index is 506. The maximum absolute atomic E-state index is 11.1. The summed E-state index contributed by atoms with van der Waals surface area (Å²) in [5, 5.41) is 28.7. The molecule has 7 heteroatoms. The summed E-state index contributed by atoms with van der Waals surface area (Å²) in [5.74, 6) is -0.214. The van der Waals surface area contributed by atoms with E-state index in [0.29, 0.717) is 6.61 Å². The fourth-order valence-corrected chi connectivity index (χ4v) is 2.70. The van der Waals surface area contributed by atoms with Gasteiger partial charge in [-0.15, -0.1) is 0 Å². The van der Waals surface area contributed by atoms with Gasteiger partial charge in [0.2, 0.25) is 0 Å². The number of β-amino-alcohol motifs (C(OH)–C–C–N with tert-alkyl or cyclic N) is 2. The molecule has 1 saturated heterocycles. The predicted octanol–water partition coefficient (Wildman–Crippen LogP) is 0.0925. The van der Waals surface area contributed by atoms with Crippen molar-refractivity contribution in [2.45, 2.75) is 31.3 Å². The fourth-order valence-electron chi connectivity index (χ4n) is 2.70. The Hall–Kier alpha value is -1.67. The highest BCUT2D eigenvalue weighted by Gasteiger charge is 2.36. The number of likely N-dealkylation sites (tertiary alicyclic amines) is 1. The average Bonchev–Trinajstić information content (AvgIpc) is 2.88. The highest BCUT2D eigenvalue weighted by molar-refractivity contribution is 5.74. The maximum Gasteiger partial charge on any atom is 0.321 e. The minimum atomic E-state index is -0.979. The molecule has 0 bridgehead atoms.